The van der Waals surface area contributed by atoms with Crippen molar-refractivity contribution in [2.75, 3.05) is 18.0 Å². The zero-order valence-corrected chi connectivity index (χ0v) is 26.3. The van der Waals surface area contributed by atoms with E-state index in [2.05, 4.69) is 37.8 Å². The maximum absolute atomic E-state index is 14.2. The Hall–Kier alpha value is -4.00. The van der Waals surface area contributed by atoms with Gasteiger partial charge in [0.25, 0.3) is 11.5 Å². The third-order valence-electron chi connectivity index (χ3n) is 8.31. The maximum Gasteiger partial charge on any atom is 0.417 e. The average molecular weight is 671 g/mol. The second-order valence-corrected chi connectivity index (χ2v) is 12.6. The van der Waals surface area contributed by atoms with Gasteiger partial charge in [-0.15, -0.1) is 0 Å². The fraction of sp³-hybridized carbons (Fsp3) is 0.387. The number of halogens is 4. The molecule has 1 aromatic carbocycles. The molecule has 230 valence electrons. The molecule has 9 nitrogen and oxygen atoms in total. The van der Waals surface area contributed by atoms with Gasteiger partial charge in [0, 0.05) is 40.4 Å². The lowest BCUT2D eigenvalue weighted by atomic mass is 9.98. The molecule has 2 unspecified atom stereocenters. The predicted octanol–water partition coefficient (Wildman–Crippen LogP) is 5.64. The molecular formula is C31H31BrF3N7O2. The molecule has 2 atom stereocenters. The summed E-state index contributed by atoms with van der Waals surface area (Å²) >= 11 is 2.93. The number of carbonyl (C=O) groups excluding carboxylic acids is 1. The van der Waals surface area contributed by atoms with Crippen LogP contribution in [0.2, 0.25) is 0 Å². The number of alkyl halides is 3. The summed E-state index contributed by atoms with van der Waals surface area (Å²) < 4.78 is 43.6. The summed E-state index contributed by atoms with van der Waals surface area (Å²) in [4.78, 5) is 41.0. The first kappa shape index (κ1) is 30.0. The minimum absolute atomic E-state index is 0.0422. The van der Waals surface area contributed by atoms with Crippen LogP contribution < -0.4 is 10.5 Å². The largest absolute Gasteiger partial charge is 0.417 e. The second-order valence-electron chi connectivity index (χ2n) is 11.7. The second kappa shape index (κ2) is 11.2. The highest BCUT2D eigenvalue weighted by molar-refractivity contribution is 9.10. The lowest BCUT2D eigenvalue weighted by Crippen LogP contribution is -2.46. The van der Waals surface area contributed by atoms with Crippen LogP contribution >= 0.6 is 15.9 Å². The Morgan fingerprint density at radius 2 is 1.86 bits per heavy atom. The fourth-order valence-corrected chi connectivity index (χ4v) is 6.48. The molecule has 4 aromatic rings. The lowest BCUT2D eigenvalue weighted by molar-refractivity contribution is -0.138. The highest BCUT2D eigenvalue weighted by Crippen LogP contribution is 2.36. The molecule has 2 aliphatic heterocycles. The summed E-state index contributed by atoms with van der Waals surface area (Å²) in [5.41, 5.74) is 1.51. The Kier molecular flexibility index (Phi) is 7.63. The minimum Gasteiger partial charge on any atom is -0.356 e. The van der Waals surface area contributed by atoms with Crippen molar-refractivity contribution in [2.45, 2.75) is 59.3 Å². The monoisotopic (exact) mass is 669 g/mol. The van der Waals surface area contributed by atoms with Crippen LogP contribution in [0.25, 0.3) is 11.6 Å². The summed E-state index contributed by atoms with van der Waals surface area (Å²) in [6.07, 6.45) is -1.68. The number of aryl methyl sites for hydroxylation is 2. The summed E-state index contributed by atoms with van der Waals surface area (Å²) in [6.45, 7) is 9.49. The van der Waals surface area contributed by atoms with Crippen LogP contribution in [0.3, 0.4) is 0 Å². The van der Waals surface area contributed by atoms with Gasteiger partial charge in [0.1, 0.15) is 5.82 Å². The first-order chi connectivity index (χ1) is 20.8. The van der Waals surface area contributed by atoms with Crippen LogP contribution in [0.4, 0.5) is 19.0 Å². The van der Waals surface area contributed by atoms with E-state index < -0.39 is 23.7 Å². The van der Waals surface area contributed by atoms with Crippen LogP contribution in [0.5, 0.6) is 0 Å². The van der Waals surface area contributed by atoms with Gasteiger partial charge in [-0.3, -0.25) is 9.59 Å². The highest BCUT2D eigenvalue weighted by atomic mass is 79.9. The number of hydrogen-bond donors (Lipinski definition) is 0. The molecule has 6 rings (SSSR count). The van der Waals surface area contributed by atoms with Crippen molar-refractivity contribution in [2.24, 2.45) is 5.92 Å². The van der Waals surface area contributed by atoms with Gasteiger partial charge in [0.15, 0.2) is 0 Å². The lowest BCUT2D eigenvalue weighted by Gasteiger charge is -2.34. The van der Waals surface area contributed by atoms with E-state index in [1.165, 1.54) is 21.6 Å². The van der Waals surface area contributed by atoms with Crippen molar-refractivity contribution in [3.63, 3.8) is 0 Å². The van der Waals surface area contributed by atoms with Crippen LogP contribution in [0.1, 0.15) is 58.8 Å². The van der Waals surface area contributed by atoms with Gasteiger partial charge in [0.05, 0.1) is 35.4 Å². The zero-order chi connectivity index (χ0) is 31.5. The van der Waals surface area contributed by atoms with Gasteiger partial charge in [-0.05, 0) is 75.9 Å². The Morgan fingerprint density at radius 1 is 1.09 bits per heavy atom. The summed E-state index contributed by atoms with van der Waals surface area (Å²) in [5, 5.41) is 4.58. The number of fused-ring (bicyclic) bond motifs is 1. The van der Waals surface area contributed by atoms with Crippen LogP contribution in [0, 0.1) is 19.8 Å². The van der Waals surface area contributed by atoms with Crippen molar-refractivity contribution >= 4 is 27.7 Å². The number of carbonyl (C=O) groups is 1. The quantitative estimate of drug-likeness (QED) is 0.279. The van der Waals surface area contributed by atoms with Crippen LogP contribution in [0.15, 0.2) is 51.9 Å². The molecule has 5 heterocycles. The predicted molar refractivity (Wildman–Crippen MR) is 162 cm³/mol. The van der Waals surface area contributed by atoms with Gasteiger partial charge >= 0.3 is 6.18 Å². The van der Waals surface area contributed by atoms with E-state index in [9.17, 15) is 22.8 Å². The topological polar surface area (TPSA) is 89.2 Å². The van der Waals surface area contributed by atoms with Gasteiger partial charge in [0.2, 0.25) is 5.95 Å². The first-order valence-corrected chi connectivity index (χ1v) is 15.2. The molecule has 0 aliphatic carbocycles. The molecule has 44 heavy (non-hydrogen) atoms. The molecule has 0 spiro atoms. The Morgan fingerprint density at radius 3 is 2.48 bits per heavy atom. The first-order valence-electron chi connectivity index (χ1n) is 14.4. The third kappa shape index (κ3) is 5.42. The number of anilines is 1. The molecule has 1 saturated heterocycles. The number of aromatic nitrogens is 5. The number of rotatable bonds is 4. The Balaban J connectivity index is 1.42. The molecule has 0 saturated carbocycles. The third-order valence-corrected chi connectivity index (χ3v) is 9.00. The molecular weight excluding hydrogens is 639 g/mol. The number of pyridine rings is 1. The molecule has 0 N–H and O–H groups in total. The van der Waals surface area contributed by atoms with E-state index in [-0.39, 0.29) is 34.5 Å². The smallest absolute Gasteiger partial charge is 0.356 e. The van der Waals surface area contributed by atoms with Crippen molar-refractivity contribution < 1.29 is 18.0 Å². The molecule has 13 heteroatoms. The number of hydrogen-bond acceptors (Lipinski definition) is 6. The van der Waals surface area contributed by atoms with Crippen molar-refractivity contribution in [1.29, 1.82) is 0 Å². The van der Waals surface area contributed by atoms with Gasteiger partial charge in [-0.25, -0.2) is 19.2 Å². The SMILES string of the molecule is Cc1cc(C)n(-c2nc3c(c(=O)n2-c2ccc(N4CCC(C)C4)nc2)CC(C)N(C(=O)c2ccc(Br)c(C(F)(F)F)c2)C3)n1. The van der Waals surface area contributed by atoms with E-state index in [0.29, 0.717) is 22.9 Å². The summed E-state index contributed by atoms with van der Waals surface area (Å²) in [5.74, 6) is 1.10. The summed E-state index contributed by atoms with van der Waals surface area (Å²) in [6, 6.07) is 8.59. The maximum atomic E-state index is 14.2. The number of benzene rings is 1. The Labute approximate surface area is 260 Å². The van der Waals surface area contributed by atoms with E-state index in [0.717, 1.165) is 42.8 Å². The van der Waals surface area contributed by atoms with Gasteiger partial charge in [-0.2, -0.15) is 18.3 Å². The average Bonchev–Trinajstić information content (AvgIpc) is 3.56. The molecule has 3 aromatic heterocycles. The van der Waals surface area contributed by atoms with Crippen LogP contribution in [-0.4, -0.2) is 54.3 Å². The normalized spacial score (nSPS) is 18.5. The van der Waals surface area contributed by atoms with Crippen LogP contribution in [-0.2, 0) is 19.1 Å². The minimum atomic E-state index is -4.63. The van der Waals surface area contributed by atoms with Crippen molar-refractivity contribution in [3.05, 3.63) is 91.2 Å². The van der Waals surface area contributed by atoms with E-state index >= 15 is 0 Å². The van der Waals surface area contributed by atoms with Crippen molar-refractivity contribution in [3.8, 4) is 11.6 Å². The number of amides is 1. The van der Waals surface area contributed by atoms with Crippen molar-refractivity contribution in [1.82, 2.24) is 29.2 Å². The van der Waals surface area contributed by atoms with E-state index in [4.69, 9.17) is 4.98 Å². The highest BCUT2D eigenvalue weighted by Gasteiger charge is 2.36. The Bertz CT molecular complexity index is 1820. The number of nitrogens with zero attached hydrogens (tertiary/aromatic N) is 7. The fourth-order valence-electron chi connectivity index (χ4n) is 6.01. The standard InChI is InChI=1S/C31H31BrF3N7O2/c1-17-9-10-39(15-17)27-8-6-22(14-36-27)41-29(44)23-12-19(3)40(16-26(23)37-30(41)42-20(4)11-18(2)38-42)28(43)21-5-7-25(32)24(13-21)31(33,34)35/h5-8,11,13-14,17,19H,9-10,12,15-16H2,1-4H3. The molecule has 0 radical (unpaired) electrons. The molecule has 2 aliphatic rings. The van der Waals surface area contributed by atoms with E-state index in [1.54, 1.807) is 17.8 Å². The van der Waals surface area contributed by atoms with E-state index in [1.807, 2.05) is 32.0 Å². The van der Waals surface area contributed by atoms with Gasteiger partial charge in [-0.1, -0.05) is 22.9 Å². The zero-order valence-electron chi connectivity index (χ0n) is 24.7. The summed E-state index contributed by atoms with van der Waals surface area (Å²) in [7, 11) is 0. The molecule has 0 bridgehead atoms. The molecule has 1 fully saturated rings. The molecule has 1 amide bonds. The van der Waals surface area contributed by atoms with Gasteiger partial charge < -0.3 is 9.80 Å².